The van der Waals surface area contributed by atoms with Crippen molar-refractivity contribution in [1.29, 1.82) is 0 Å². The van der Waals surface area contributed by atoms with Gasteiger partial charge < -0.3 is 11.1 Å². The minimum Gasteiger partial charge on any atom is -0.397 e. The third-order valence-electron chi connectivity index (χ3n) is 3.66. The highest BCUT2D eigenvalue weighted by Gasteiger charge is 2.19. The molecule has 1 saturated carbocycles. The number of anilines is 2. The second-order valence-electron chi connectivity index (χ2n) is 5.22. The van der Waals surface area contributed by atoms with Crippen LogP contribution in [0.4, 0.5) is 11.4 Å². The summed E-state index contributed by atoms with van der Waals surface area (Å²) in [5, 5.41) is 4.13. The van der Waals surface area contributed by atoms with Crippen molar-refractivity contribution in [2.24, 2.45) is 11.8 Å². The smallest absolute Gasteiger partial charge is 0.0763 e. The molecule has 1 aliphatic carbocycles. The molecule has 2 rings (SSSR count). The van der Waals surface area contributed by atoms with E-state index in [2.05, 4.69) is 12.2 Å². The quantitative estimate of drug-likeness (QED) is 0.793. The number of halogens is 1. The summed E-state index contributed by atoms with van der Waals surface area (Å²) in [6, 6.07) is 5.65. The summed E-state index contributed by atoms with van der Waals surface area (Å²) in [6.07, 6.45) is 5.37. The molecule has 0 amide bonds. The number of nitrogens with two attached hydrogens (primary N) is 1. The third-order valence-corrected chi connectivity index (χ3v) is 3.97. The Bertz CT molecular complexity index is 358. The minimum atomic E-state index is 0.717. The summed E-state index contributed by atoms with van der Waals surface area (Å²) in [6.45, 7) is 3.33. The molecule has 0 spiro atoms. The molecule has 0 aromatic heterocycles. The van der Waals surface area contributed by atoms with Crippen LogP contribution in [0.1, 0.15) is 32.6 Å². The Labute approximate surface area is 109 Å². The summed E-state index contributed by atoms with van der Waals surface area (Å²) >= 11 is 6.13. The van der Waals surface area contributed by atoms with Crippen LogP contribution in [-0.4, -0.2) is 6.54 Å². The summed E-state index contributed by atoms with van der Waals surface area (Å²) in [7, 11) is 0. The summed E-state index contributed by atoms with van der Waals surface area (Å²) in [5.74, 6) is 1.62. The fourth-order valence-corrected chi connectivity index (χ4v) is 2.97. The second-order valence-corrected chi connectivity index (χ2v) is 5.63. The van der Waals surface area contributed by atoms with E-state index in [0.717, 1.165) is 29.8 Å². The summed E-state index contributed by atoms with van der Waals surface area (Å²) in [4.78, 5) is 0. The first-order valence-corrected chi connectivity index (χ1v) is 6.82. The molecule has 1 fully saturated rings. The molecule has 17 heavy (non-hydrogen) atoms. The maximum atomic E-state index is 6.13. The maximum Gasteiger partial charge on any atom is 0.0763 e. The lowest BCUT2D eigenvalue weighted by atomic mass is 9.82. The fourth-order valence-electron chi connectivity index (χ4n) is 2.72. The van der Waals surface area contributed by atoms with Crippen molar-refractivity contribution < 1.29 is 0 Å². The standard InChI is InChI=1S/C14H21ClN2/c1-10-4-2-5-11(8-10)9-17-14-12(15)6-3-7-13(14)16/h3,6-7,10-11,17H,2,4-5,8-9,16H2,1H3. The Morgan fingerprint density at radius 3 is 2.94 bits per heavy atom. The molecule has 1 aromatic rings. The van der Waals surface area contributed by atoms with Gasteiger partial charge in [0.2, 0.25) is 0 Å². The number of nitrogen functional groups attached to an aromatic ring is 1. The fraction of sp³-hybridized carbons (Fsp3) is 0.571. The van der Waals surface area contributed by atoms with Gasteiger partial charge in [-0.05, 0) is 36.8 Å². The third kappa shape index (κ3) is 3.29. The zero-order valence-corrected chi connectivity index (χ0v) is 11.1. The van der Waals surface area contributed by atoms with Crippen molar-refractivity contribution in [3.05, 3.63) is 23.2 Å². The molecule has 0 saturated heterocycles. The molecule has 1 aromatic carbocycles. The van der Waals surface area contributed by atoms with Gasteiger partial charge in [-0.25, -0.2) is 0 Å². The van der Waals surface area contributed by atoms with Crippen LogP contribution in [0.5, 0.6) is 0 Å². The van der Waals surface area contributed by atoms with Crippen molar-refractivity contribution in [3.63, 3.8) is 0 Å². The van der Waals surface area contributed by atoms with Gasteiger partial charge in [-0.1, -0.05) is 37.4 Å². The highest BCUT2D eigenvalue weighted by atomic mass is 35.5. The lowest BCUT2D eigenvalue weighted by Gasteiger charge is -2.27. The van der Waals surface area contributed by atoms with E-state index >= 15 is 0 Å². The number of para-hydroxylation sites is 1. The lowest BCUT2D eigenvalue weighted by molar-refractivity contribution is 0.293. The van der Waals surface area contributed by atoms with E-state index in [9.17, 15) is 0 Å². The molecule has 94 valence electrons. The Hall–Kier alpha value is -0.890. The van der Waals surface area contributed by atoms with Crippen LogP contribution in [0, 0.1) is 11.8 Å². The Morgan fingerprint density at radius 2 is 2.24 bits per heavy atom. The molecule has 1 aliphatic rings. The van der Waals surface area contributed by atoms with Gasteiger partial charge in [0, 0.05) is 6.54 Å². The van der Waals surface area contributed by atoms with Gasteiger partial charge in [-0.15, -0.1) is 0 Å². The zero-order valence-electron chi connectivity index (χ0n) is 10.4. The van der Waals surface area contributed by atoms with Crippen LogP contribution in [-0.2, 0) is 0 Å². The van der Waals surface area contributed by atoms with Gasteiger partial charge in [0.05, 0.1) is 16.4 Å². The van der Waals surface area contributed by atoms with Crippen LogP contribution < -0.4 is 11.1 Å². The first kappa shape index (κ1) is 12.6. The van der Waals surface area contributed by atoms with Gasteiger partial charge >= 0.3 is 0 Å². The number of hydrogen-bond acceptors (Lipinski definition) is 2. The SMILES string of the molecule is CC1CCCC(CNc2c(N)cccc2Cl)C1. The lowest BCUT2D eigenvalue weighted by Crippen LogP contribution is -2.21. The Morgan fingerprint density at radius 1 is 1.41 bits per heavy atom. The number of nitrogens with one attached hydrogen (secondary N) is 1. The van der Waals surface area contributed by atoms with Gasteiger partial charge in [-0.2, -0.15) is 0 Å². The largest absolute Gasteiger partial charge is 0.397 e. The predicted molar refractivity (Wildman–Crippen MR) is 75.5 cm³/mol. The molecule has 0 heterocycles. The van der Waals surface area contributed by atoms with Gasteiger partial charge in [-0.3, -0.25) is 0 Å². The second kappa shape index (κ2) is 5.63. The van der Waals surface area contributed by atoms with E-state index in [1.165, 1.54) is 25.7 Å². The summed E-state index contributed by atoms with van der Waals surface area (Å²) in [5.41, 5.74) is 7.55. The molecule has 3 N–H and O–H groups in total. The maximum absolute atomic E-state index is 6.13. The Kier molecular flexibility index (Phi) is 4.16. The molecule has 3 heteroatoms. The van der Waals surface area contributed by atoms with E-state index in [0.29, 0.717) is 5.02 Å². The highest BCUT2D eigenvalue weighted by Crippen LogP contribution is 2.31. The molecule has 2 nitrogen and oxygen atoms in total. The number of rotatable bonds is 3. The van der Waals surface area contributed by atoms with Crippen molar-refractivity contribution >= 4 is 23.0 Å². The van der Waals surface area contributed by atoms with Crippen LogP contribution in [0.2, 0.25) is 5.02 Å². The molecule has 2 atom stereocenters. The topological polar surface area (TPSA) is 38.0 Å². The van der Waals surface area contributed by atoms with E-state index in [4.69, 9.17) is 17.3 Å². The molecule has 2 unspecified atom stereocenters. The number of benzene rings is 1. The summed E-state index contributed by atoms with van der Waals surface area (Å²) < 4.78 is 0. The monoisotopic (exact) mass is 252 g/mol. The van der Waals surface area contributed by atoms with Crippen LogP contribution in [0.3, 0.4) is 0 Å². The molecular weight excluding hydrogens is 232 g/mol. The van der Waals surface area contributed by atoms with Crippen molar-refractivity contribution in [2.75, 3.05) is 17.6 Å². The van der Waals surface area contributed by atoms with Crippen molar-refractivity contribution in [2.45, 2.75) is 32.6 Å². The average molecular weight is 253 g/mol. The van der Waals surface area contributed by atoms with Gasteiger partial charge in [0.15, 0.2) is 0 Å². The minimum absolute atomic E-state index is 0.717. The van der Waals surface area contributed by atoms with E-state index in [1.54, 1.807) is 0 Å². The van der Waals surface area contributed by atoms with Crippen molar-refractivity contribution in [1.82, 2.24) is 0 Å². The van der Waals surface area contributed by atoms with Gasteiger partial charge in [0.25, 0.3) is 0 Å². The van der Waals surface area contributed by atoms with E-state index < -0.39 is 0 Å². The number of hydrogen-bond donors (Lipinski definition) is 2. The van der Waals surface area contributed by atoms with Crippen LogP contribution >= 0.6 is 11.6 Å². The molecule has 0 radical (unpaired) electrons. The predicted octanol–water partition coefficient (Wildman–Crippen LogP) is 4.16. The van der Waals surface area contributed by atoms with Crippen LogP contribution in [0.15, 0.2) is 18.2 Å². The van der Waals surface area contributed by atoms with Gasteiger partial charge in [0.1, 0.15) is 0 Å². The van der Waals surface area contributed by atoms with Crippen LogP contribution in [0.25, 0.3) is 0 Å². The average Bonchev–Trinajstić information content (AvgIpc) is 2.28. The zero-order chi connectivity index (χ0) is 12.3. The first-order valence-electron chi connectivity index (χ1n) is 6.44. The van der Waals surface area contributed by atoms with E-state index in [-0.39, 0.29) is 0 Å². The molecular formula is C14H21ClN2. The molecule has 0 aliphatic heterocycles. The normalized spacial score (nSPS) is 24.6. The molecule has 0 bridgehead atoms. The first-order chi connectivity index (χ1) is 8.16. The Balaban J connectivity index is 1.93. The van der Waals surface area contributed by atoms with Crippen molar-refractivity contribution in [3.8, 4) is 0 Å². The van der Waals surface area contributed by atoms with E-state index in [1.807, 2.05) is 18.2 Å². The highest BCUT2D eigenvalue weighted by molar-refractivity contribution is 6.33.